The van der Waals surface area contributed by atoms with E-state index in [1.807, 2.05) is 0 Å². The highest BCUT2D eigenvalue weighted by Crippen LogP contribution is 2.18. The van der Waals surface area contributed by atoms with E-state index in [1.165, 1.54) is 0 Å². The number of rotatable bonds is 5. The molecule has 0 aromatic heterocycles. The van der Waals surface area contributed by atoms with E-state index < -0.39 is 12.1 Å². The second kappa shape index (κ2) is 6.41. The van der Waals surface area contributed by atoms with Gasteiger partial charge in [-0.2, -0.15) is 0 Å². The number of hydrogen-bond donors (Lipinski definition) is 4. The van der Waals surface area contributed by atoms with Gasteiger partial charge in [-0.05, 0) is 18.8 Å². The average Bonchev–Trinajstić information content (AvgIpc) is 2.74. The number of urea groups is 1. The Morgan fingerprint density at radius 1 is 1.47 bits per heavy atom. The number of carboxylic acid groups (broad SMARTS) is 1. The van der Waals surface area contributed by atoms with Crippen LogP contribution in [0.25, 0.3) is 0 Å². The molecule has 17 heavy (non-hydrogen) atoms. The van der Waals surface area contributed by atoms with E-state index in [4.69, 9.17) is 15.3 Å². The molecule has 1 saturated heterocycles. The minimum atomic E-state index is -1.57. The van der Waals surface area contributed by atoms with Crippen molar-refractivity contribution >= 4 is 12.0 Å². The highest BCUT2D eigenvalue weighted by atomic mass is 16.4. The minimum absolute atomic E-state index is 0.109. The van der Waals surface area contributed by atoms with Gasteiger partial charge in [0.05, 0.1) is 6.54 Å². The predicted molar refractivity (Wildman–Crippen MR) is 58.4 cm³/mol. The third-order valence-electron chi connectivity index (χ3n) is 2.84. The zero-order valence-corrected chi connectivity index (χ0v) is 9.50. The van der Waals surface area contributed by atoms with Gasteiger partial charge >= 0.3 is 12.0 Å². The molecule has 1 fully saturated rings. The summed E-state index contributed by atoms with van der Waals surface area (Å²) in [4.78, 5) is 23.5. The minimum Gasteiger partial charge on any atom is -0.479 e. The molecule has 0 radical (unpaired) electrons. The highest BCUT2D eigenvalue weighted by molar-refractivity contribution is 5.77. The van der Waals surface area contributed by atoms with Gasteiger partial charge in [0.15, 0.2) is 6.10 Å². The van der Waals surface area contributed by atoms with Crippen LogP contribution in [-0.4, -0.2) is 64.6 Å². The fourth-order valence-electron chi connectivity index (χ4n) is 1.82. The van der Waals surface area contributed by atoms with Crippen molar-refractivity contribution in [3.63, 3.8) is 0 Å². The van der Waals surface area contributed by atoms with Crippen molar-refractivity contribution in [2.24, 2.45) is 5.92 Å². The quantitative estimate of drug-likeness (QED) is 0.489. The predicted octanol–water partition coefficient (Wildman–Crippen LogP) is -1.15. The third kappa shape index (κ3) is 4.20. The van der Waals surface area contributed by atoms with Crippen LogP contribution in [0.1, 0.15) is 12.8 Å². The standard InChI is InChI=1S/C10H18N2O5/c13-4-2-7-1-3-12(6-7)10(17)11-5-8(14)9(15)16/h7-8,13-14H,1-6H2,(H,11,17)(H,15,16)/t7?,8-/m0/s1. The van der Waals surface area contributed by atoms with Crippen LogP contribution in [0.3, 0.4) is 0 Å². The molecule has 0 aliphatic carbocycles. The highest BCUT2D eigenvalue weighted by Gasteiger charge is 2.26. The molecule has 2 amide bonds. The first kappa shape index (κ1) is 13.7. The van der Waals surface area contributed by atoms with Crippen molar-refractivity contribution in [3.05, 3.63) is 0 Å². The van der Waals surface area contributed by atoms with Gasteiger partial charge in [-0.3, -0.25) is 0 Å². The van der Waals surface area contributed by atoms with Crippen LogP contribution in [0.15, 0.2) is 0 Å². The maximum Gasteiger partial charge on any atom is 0.334 e. The lowest BCUT2D eigenvalue weighted by Gasteiger charge is -2.17. The van der Waals surface area contributed by atoms with Crippen LogP contribution >= 0.6 is 0 Å². The zero-order chi connectivity index (χ0) is 12.8. The van der Waals surface area contributed by atoms with E-state index in [9.17, 15) is 9.59 Å². The van der Waals surface area contributed by atoms with Gasteiger partial charge in [0, 0.05) is 19.7 Å². The molecule has 2 atom stereocenters. The van der Waals surface area contributed by atoms with Crippen LogP contribution in [-0.2, 0) is 4.79 Å². The van der Waals surface area contributed by atoms with Gasteiger partial charge in [-0.1, -0.05) is 0 Å². The first-order chi connectivity index (χ1) is 8.04. The average molecular weight is 246 g/mol. The Labute approximate surface area is 99.0 Å². The molecule has 0 aromatic rings. The number of aliphatic hydroxyl groups excluding tert-OH is 2. The number of carbonyl (C=O) groups is 2. The Morgan fingerprint density at radius 2 is 2.18 bits per heavy atom. The van der Waals surface area contributed by atoms with Crippen LogP contribution in [0.5, 0.6) is 0 Å². The lowest BCUT2D eigenvalue weighted by atomic mass is 10.1. The summed E-state index contributed by atoms with van der Waals surface area (Å²) < 4.78 is 0. The summed E-state index contributed by atoms with van der Waals surface area (Å²) in [6.45, 7) is 0.975. The van der Waals surface area contributed by atoms with E-state index >= 15 is 0 Å². The van der Waals surface area contributed by atoms with Gasteiger partial charge in [-0.15, -0.1) is 0 Å². The first-order valence-electron chi connectivity index (χ1n) is 5.59. The molecular formula is C10H18N2O5. The molecule has 1 unspecified atom stereocenters. The van der Waals surface area contributed by atoms with Crippen LogP contribution in [0, 0.1) is 5.92 Å². The van der Waals surface area contributed by atoms with Crippen molar-refractivity contribution in [2.75, 3.05) is 26.2 Å². The van der Waals surface area contributed by atoms with Crippen molar-refractivity contribution < 1.29 is 24.9 Å². The number of nitrogens with zero attached hydrogens (tertiary/aromatic N) is 1. The third-order valence-corrected chi connectivity index (χ3v) is 2.84. The summed E-state index contributed by atoms with van der Waals surface area (Å²) >= 11 is 0. The Bertz CT molecular complexity index is 284. The number of carboxylic acids is 1. The number of amides is 2. The summed E-state index contributed by atoms with van der Waals surface area (Å²) in [6.07, 6.45) is -0.0634. The molecule has 1 aliphatic heterocycles. The molecule has 7 nitrogen and oxygen atoms in total. The Hall–Kier alpha value is -1.34. The second-order valence-electron chi connectivity index (χ2n) is 4.15. The molecule has 7 heteroatoms. The van der Waals surface area contributed by atoms with E-state index in [0.717, 1.165) is 6.42 Å². The zero-order valence-electron chi connectivity index (χ0n) is 9.50. The summed E-state index contributed by atoms with van der Waals surface area (Å²) in [5, 5.41) is 28.6. The number of hydrogen-bond acceptors (Lipinski definition) is 4. The monoisotopic (exact) mass is 246 g/mol. The Morgan fingerprint density at radius 3 is 2.76 bits per heavy atom. The fraction of sp³-hybridized carbons (Fsp3) is 0.800. The largest absolute Gasteiger partial charge is 0.479 e. The lowest BCUT2D eigenvalue weighted by molar-refractivity contribution is -0.146. The van der Waals surface area contributed by atoms with Crippen molar-refractivity contribution in [1.29, 1.82) is 0 Å². The fourth-order valence-corrected chi connectivity index (χ4v) is 1.82. The molecule has 0 spiro atoms. The number of aliphatic hydroxyl groups is 2. The summed E-state index contributed by atoms with van der Waals surface area (Å²) in [7, 11) is 0. The van der Waals surface area contributed by atoms with Gasteiger partial charge in [0.1, 0.15) is 0 Å². The number of aliphatic carboxylic acids is 1. The number of likely N-dealkylation sites (tertiary alicyclic amines) is 1. The van der Waals surface area contributed by atoms with Crippen LogP contribution in [0.4, 0.5) is 4.79 Å². The Balaban J connectivity index is 2.27. The summed E-state index contributed by atoms with van der Waals surface area (Å²) in [5.74, 6) is -1.06. The molecule has 1 aliphatic rings. The molecule has 0 bridgehead atoms. The maximum absolute atomic E-state index is 11.6. The van der Waals surface area contributed by atoms with E-state index in [0.29, 0.717) is 25.4 Å². The maximum atomic E-state index is 11.6. The van der Waals surface area contributed by atoms with Crippen molar-refractivity contribution in [1.82, 2.24) is 10.2 Å². The van der Waals surface area contributed by atoms with E-state index in [2.05, 4.69) is 5.32 Å². The summed E-state index contributed by atoms with van der Waals surface area (Å²) in [5.41, 5.74) is 0. The second-order valence-corrected chi connectivity index (χ2v) is 4.15. The number of carbonyl (C=O) groups excluding carboxylic acids is 1. The van der Waals surface area contributed by atoms with Gasteiger partial charge in [0.2, 0.25) is 0 Å². The van der Waals surface area contributed by atoms with Gasteiger partial charge < -0.3 is 25.5 Å². The molecule has 0 aromatic carbocycles. The van der Waals surface area contributed by atoms with Gasteiger partial charge in [0.25, 0.3) is 0 Å². The van der Waals surface area contributed by atoms with Gasteiger partial charge in [-0.25, -0.2) is 9.59 Å². The molecular weight excluding hydrogens is 228 g/mol. The topological polar surface area (TPSA) is 110 Å². The van der Waals surface area contributed by atoms with Crippen molar-refractivity contribution in [3.8, 4) is 0 Å². The lowest BCUT2D eigenvalue weighted by Crippen LogP contribution is -2.43. The van der Waals surface area contributed by atoms with Crippen LogP contribution in [0.2, 0.25) is 0 Å². The molecule has 98 valence electrons. The first-order valence-corrected chi connectivity index (χ1v) is 5.59. The summed E-state index contributed by atoms with van der Waals surface area (Å²) in [6, 6.07) is -0.370. The van der Waals surface area contributed by atoms with E-state index in [-0.39, 0.29) is 19.2 Å². The normalized spacial score (nSPS) is 21.3. The number of nitrogens with one attached hydrogen (secondary N) is 1. The Kier molecular flexibility index (Phi) is 5.17. The van der Waals surface area contributed by atoms with Crippen molar-refractivity contribution in [2.45, 2.75) is 18.9 Å². The van der Waals surface area contributed by atoms with Crippen LogP contribution < -0.4 is 5.32 Å². The molecule has 0 saturated carbocycles. The molecule has 4 N–H and O–H groups in total. The smallest absolute Gasteiger partial charge is 0.334 e. The van der Waals surface area contributed by atoms with E-state index in [1.54, 1.807) is 4.90 Å². The molecule has 1 heterocycles. The molecule has 1 rings (SSSR count). The SMILES string of the molecule is O=C(O)[C@@H](O)CNC(=O)N1CCC(CCO)C1.